The van der Waals surface area contributed by atoms with E-state index in [-0.39, 0.29) is 6.04 Å². The van der Waals surface area contributed by atoms with E-state index in [1.165, 1.54) is 6.33 Å². The summed E-state index contributed by atoms with van der Waals surface area (Å²) in [6.45, 7) is 4.40. The van der Waals surface area contributed by atoms with Gasteiger partial charge in [0.25, 0.3) is 0 Å². The van der Waals surface area contributed by atoms with Gasteiger partial charge in [0.05, 0.1) is 33.0 Å². The van der Waals surface area contributed by atoms with Crippen molar-refractivity contribution >= 4 is 28.4 Å². The number of benzene rings is 2. The van der Waals surface area contributed by atoms with E-state index >= 15 is 0 Å². The quantitative estimate of drug-likeness (QED) is 0.194. The minimum atomic E-state index is 0.261. The van der Waals surface area contributed by atoms with Crippen molar-refractivity contribution in [2.45, 2.75) is 39.3 Å². The maximum Gasteiger partial charge on any atom is 0.234 e. The molecule has 3 heterocycles. The number of hydrogen-bond donors (Lipinski definition) is 1. The molecule has 0 radical (unpaired) electrons. The van der Waals surface area contributed by atoms with E-state index in [9.17, 15) is 0 Å². The van der Waals surface area contributed by atoms with E-state index in [1.54, 1.807) is 39.9 Å². The van der Waals surface area contributed by atoms with Gasteiger partial charge in [0.15, 0.2) is 5.82 Å². The van der Waals surface area contributed by atoms with Crippen LogP contribution < -0.4 is 29.2 Å². The first-order chi connectivity index (χ1) is 21.0. The summed E-state index contributed by atoms with van der Waals surface area (Å²) in [6, 6.07) is 11.8. The number of hydrogen-bond acceptors (Lipinski definition) is 11. The van der Waals surface area contributed by atoms with Gasteiger partial charge in [0, 0.05) is 48.2 Å². The zero-order valence-corrected chi connectivity index (χ0v) is 24.8. The van der Waals surface area contributed by atoms with E-state index in [0.717, 1.165) is 41.1 Å². The number of nitrogens with zero attached hydrogens (tertiary/aromatic N) is 6. The largest absolute Gasteiger partial charge is 0.497 e. The van der Waals surface area contributed by atoms with Crippen molar-refractivity contribution in [2.24, 2.45) is 0 Å². The standard InChI is InChI=1S/C32H33N7O4/c1-19-6-11-25(41-4)20(2)30(19)43-32-29-24(15-27(38-32)39(22-8-9-22)28-17-33-12-13-34-28)36-18-37-31(29)35-16-21-7-10-23(40-3)14-26(21)42-5/h6-7,10-15,17-18,22H,8-9,16H2,1-5H3,(H,35,36,37). The lowest BCUT2D eigenvalue weighted by Gasteiger charge is -2.24. The van der Waals surface area contributed by atoms with E-state index in [1.807, 2.05) is 50.2 Å². The molecule has 0 spiro atoms. The minimum Gasteiger partial charge on any atom is -0.497 e. The molecule has 0 atom stereocenters. The number of nitrogens with one attached hydrogen (secondary N) is 1. The fourth-order valence-electron chi connectivity index (χ4n) is 5.07. The second-order valence-corrected chi connectivity index (χ2v) is 10.2. The molecule has 2 aromatic carbocycles. The Hall–Kier alpha value is -5.19. The van der Waals surface area contributed by atoms with Crippen LogP contribution in [0.2, 0.25) is 0 Å². The summed E-state index contributed by atoms with van der Waals surface area (Å²) in [5.74, 6) is 5.14. The summed E-state index contributed by atoms with van der Waals surface area (Å²) in [5, 5.41) is 4.11. The average Bonchev–Trinajstić information content (AvgIpc) is 3.87. The number of pyridine rings is 1. The van der Waals surface area contributed by atoms with Crippen molar-refractivity contribution in [3.05, 3.63) is 78.0 Å². The van der Waals surface area contributed by atoms with Crippen molar-refractivity contribution in [2.75, 3.05) is 31.5 Å². The Bertz CT molecular complexity index is 1760. The van der Waals surface area contributed by atoms with Gasteiger partial charge in [-0.15, -0.1) is 0 Å². The van der Waals surface area contributed by atoms with Crippen LogP contribution in [0.15, 0.2) is 61.3 Å². The molecule has 6 rings (SSSR count). The molecule has 1 N–H and O–H groups in total. The zero-order chi connectivity index (χ0) is 29.9. The van der Waals surface area contributed by atoms with Crippen LogP contribution in [0.5, 0.6) is 28.9 Å². The summed E-state index contributed by atoms with van der Waals surface area (Å²) in [6.07, 6.45) is 8.69. The molecule has 0 bridgehead atoms. The normalized spacial score (nSPS) is 12.6. The maximum atomic E-state index is 6.68. The molecule has 0 saturated heterocycles. The average molecular weight is 580 g/mol. The highest BCUT2D eigenvalue weighted by Gasteiger charge is 2.33. The van der Waals surface area contributed by atoms with Crippen molar-refractivity contribution < 1.29 is 18.9 Å². The Morgan fingerprint density at radius 3 is 2.44 bits per heavy atom. The molecule has 1 saturated carbocycles. The van der Waals surface area contributed by atoms with E-state index < -0.39 is 0 Å². The lowest BCUT2D eigenvalue weighted by Crippen LogP contribution is -2.22. The second kappa shape index (κ2) is 12.0. The van der Waals surface area contributed by atoms with Crippen LogP contribution in [0.4, 0.5) is 17.5 Å². The smallest absolute Gasteiger partial charge is 0.234 e. The predicted octanol–water partition coefficient (Wildman–Crippen LogP) is 6.16. The fraction of sp³-hybridized carbons (Fsp3) is 0.281. The molecule has 0 amide bonds. The van der Waals surface area contributed by atoms with Gasteiger partial charge < -0.3 is 29.2 Å². The van der Waals surface area contributed by atoms with Crippen LogP contribution in [0, 0.1) is 13.8 Å². The van der Waals surface area contributed by atoms with Gasteiger partial charge in [-0.25, -0.2) is 15.0 Å². The van der Waals surface area contributed by atoms with Crippen molar-refractivity contribution in [3.63, 3.8) is 0 Å². The third kappa shape index (κ3) is 5.66. The molecular weight excluding hydrogens is 546 g/mol. The van der Waals surface area contributed by atoms with Crippen LogP contribution >= 0.6 is 0 Å². The van der Waals surface area contributed by atoms with E-state index in [2.05, 4.69) is 30.2 Å². The van der Waals surface area contributed by atoms with Crippen LogP contribution in [0.1, 0.15) is 29.5 Å². The van der Waals surface area contributed by atoms with Crippen molar-refractivity contribution in [1.82, 2.24) is 24.9 Å². The summed E-state index contributed by atoms with van der Waals surface area (Å²) in [4.78, 5) is 25.3. The number of fused-ring (bicyclic) bond motifs is 1. The summed E-state index contributed by atoms with van der Waals surface area (Å²) in [7, 11) is 4.91. The molecular formula is C32H33N7O4. The molecule has 220 valence electrons. The molecule has 5 aromatic rings. The Kier molecular flexibility index (Phi) is 7.78. The van der Waals surface area contributed by atoms with Crippen molar-refractivity contribution in [1.29, 1.82) is 0 Å². The van der Waals surface area contributed by atoms with E-state index in [4.69, 9.17) is 23.9 Å². The van der Waals surface area contributed by atoms with Gasteiger partial charge in [-0.3, -0.25) is 4.98 Å². The number of ether oxygens (including phenoxy) is 4. The number of aromatic nitrogens is 5. The lowest BCUT2D eigenvalue weighted by molar-refractivity contribution is 0.391. The first-order valence-electron chi connectivity index (χ1n) is 14.0. The lowest BCUT2D eigenvalue weighted by atomic mass is 10.1. The first kappa shape index (κ1) is 28.0. The Balaban J connectivity index is 1.48. The summed E-state index contributed by atoms with van der Waals surface area (Å²) >= 11 is 0. The number of aryl methyl sites for hydroxylation is 1. The van der Waals surface area contributed by atoms with Crippen LogP contribution in [-0.2, 0) is 6.54 Å². The van der Waals surface area contributed by atoms with Crippen LogP contribution in [-0.4, -0.2) is 52.3 Å². The predicted molar refractivity (Wildman–Crippen MR) is 164 cm³/mol. The molecule has 11 nitrogen and oxygen atoms in total. The Labute approximate surface area is 249 Å². The van der Waals surface area contributed by atoms with Crippen LogP contribution in [0.3, 0.4) is 0 Å². The second-order valence-electron chi connectivity index (χ2n) is 10.2. The molecule has 3 aromatic heterocycles. The Morgan fingerprint density at radius 2 is 1.72 bits per heavy atom. The number of rotatable bonds is 11. The summed E-state index contributed by atoms with van der Waals surface area (Å²) in [5.41, 5.74) is 3.42. The highest BCUT2D eigenvalue weighted by molar-refractivity contribution is 5.95. The van der Waals surface area contributed by atoms with E-state index in [0.29, 0.717) is 52.2 Å². The molecule has 0 unspecified atom stereocenters. The Morgan fingerprint density at radius 1 is 0.884 bits per heavy atom. The molecule has 1 aliphatic rings. The third-order valence-corrected chi connectivity index (χ3v) is 7.44. The highest BCUT2D eigenvalue weighted by Crippen LogP contribution is 2.42. The maximum absolute atomic E-state index is 6.68. The molecule has 43 heavy (non-hydrogen) atoms. The van der Waals surface area contributed by atoms with Gasteiger partial charge in [0.1, 0.15) is 46.3 Å². The van der Waals surface area contributed by atoms with Gasteiger partial charge in [-0.1, -0.05) is 6.07 Å². The van der Waals surface area contributed by atoms with Gasteiger partial charge in [-0.05, 0) is 50.5 Å². The van der Waals surface area contributed by atoms with Crippen molar-refractivity contribution in [3.8, 4) is 28.9 Å². The number of anilines is 3. The van der Waals surface area contributed by atoms with Gasteiger partial charge in [-0.2, -0.15) is 4.98 Å². The zero-order valence-electron chi connectivity index (χ0n) is 24.8. The minimum absolute atomic E-state index is 0.261. The highest BCUT2D eigenvalue weighted by atomic mass is 16.5. The monoisotopic (exact) mass is 579 g/mol. The SMILES string of the molecule is COc1ccc(CNc2ncnc3cc(N(c4cnccn4)C4CC4)nc(Oc4c(C)ccc(OC)c4C)c23)c(OC)c1. The summed E-state index contributed by atoms with van der Waals surface area (Å²) < 4.78 is 23.2. The fourth-order valence-corrected chi connectivity index (χ4v) is 5.07. The topological polar surface area (TPSA) is 117 Å². The van der Waals surface area contributed by atoms with Crippen LogP contribution in [0.25, 0.3) is 10.9 Å². The molecule has 1 fully saturated rings. The van der Waals surface area contributed by atoms with Gasteiger partial charge >= 0.3 is 0 Å². The molecule has 1 aliphatic carbocycles. The first-order valence-corrected chi connectivity index (χ1v) is 14.0. The third-order valence-electron chi connectivity index (χ3n) is 7.44. The number of methoxy groups -OCH3 is 3. The van der Waals surface area contributed by atoms with Gasteiger partial charge in [0.2, 0.25) is 5.88 Å². The molecule has 0 aliphatic heterocycles. The molecule has 11 heteroatoms.